The fourth-order valence-corrected chi connectivity index (χ4v) is 3.18. The molecule has 0 aliphatic heterocycles. The van der Waals surface area contributed by atoms with Gasteiger partial charge in [0.15, 0.2) is 0 Å². The van der Waals surface area contributed by atoms with Crippen molar-refractivity contribution < 1.29 is 0 Å². The van der Waals surface area contributed by atoms with E-state index < -0.39 is 0 Å². The number of para-hydroxylation sites is 1. The molecule has 0 aliphatic rings. The second-order valence-electron chi connectivity index (χ2n) is 5.05. The van der Waals surface area contributed by atoms with Crippen molar-refractivity contribution in [3.05, 3.63) is 69.3 Å². The number of H-pyrrole nitrogens is 1. The van der Waals surface area contributed by atoms with Gasteiger partial charge < -0.3 is 4.98 Å². The number of aryl methyl sites for hydroxylation is 2. The fourth-order valence-electron chi connectivity index (χ4n) is 2.55. The molecule has 3 aromatic rings. The Morgan fingerprint density at radius 2 is 1.84 bits per heavy atom. The maximum Gasteiger partial charge on any atom is 0.0458 e. The summed E-state index contributed by atoms with van der Waals surface area (Å²) in [4.78, 5) is 3.46. The molecule has 0 aliphatic carbocycles. The summed E-state index contributed by atoms with van der Waals surface area (Å²) in [6.07, 6.45) is 0.955. The van der Waals surface area contributed by atoms with Gasteiger partial charge in [-0.3, -0.25) is 0 Å². The molecule has 0 amide bonds. The van der Waals surface area contributed by atoms with Crippen LogP contribution in [0.3, 0.4) is 0 Å². The van der Waals surface area contributed by atoms with E-state index in [4.69, 9.17) is 0 Å². The molecule has 19 heavy (non-hydrogen) atoms. The Hall–Kier alpha value is -1.54. The second kappa shape index (κ2) is 4.86. The van der Waals surface area contributed by atoms with Crippen molar-refractivity contribution in [3.8, 4) is 0 Å². The lowest BCUT2D eigenvalue weighted by Gasteiger charge is -2.06. The molecular formula is C17H16BrN. The minimum atomic E-state index is 0.955. The number of aromatic amines is 1. The predicted molar refractivity (Wildman–Crippen MR) is 84.7 cm³/mol. The van der Waals surface area contributed by atoms with E-state index in [1.54, 1.807) is 0 Å². The normalized spacial score (nSPS) is 11.1. The van der Waals surface area contributed by atoms with Crippen LogP contribution in [0.25, 0.3) is 10.9 Å². The predicted octanol–water partition coefficient (Wildman–Crippen LogP) is 5.14. The van der Waals surface area contributed by atoms with Gasteiger partial charge in [-0.2, -0.15) is 0 Å². The first-order valence-electron chi connectivity index (χ1n) is 6.46. The molecule has 3 rings (SSSR count). The summed E-state index contributed by atoms with van der Waals surface area (Å²) < 4.78 is 1.19. The highest BCUT2D eigenvalue weighted by atomic mass is 79.9. The molecule has 2 heteroatoms. The van der Waals surface area contributed by atoms with Crippen LogP contribution in [0.4, 0.5) is 0 Å². The highest BCUT2D eigenvalue weighted by Gasteiger charge is 2.10. The maximum atomic E-state index is 3.67. The zero-order valence-electron chi connectivity index (χ0n) is 11.1. The third-order valence-electron chi connectivity index (χ3n) is 3.60. The van der Waals surface area contributed by atoms with Crippen LogP contribution < -0.4 is 0 Å². The summed E-state index contributed by atoms with van der Waals surface area (Å²) in [5.74, 6) is 0. The van der Waals surface area contributed by atoms with Gasteiger partial charge in [-0.05, 0) is 42.7 Å². The monoisotopic (exact) mass is 313 g/mol. The number of halogens is 1. The van der Waals surface area contributed by atoms with Crippen LogP contribution in [-0.4, -0.2) is 4.98 Å². The molecule has 1 nitrogen and oxygen atoms in total. The van der Waals surface area contributed by atoms with Crippen LogP contribution in [-0.2, 0) is 6.42 Å². The number of nitrogens with one attached hydrogen (secondary N) is 1. The van der Waals surface area contributed by atoms with Crippen LogP contribution in [0.1, 0.15) is 22.4 Å². The van der Waals surface area contributed by atoms with E-state index in [1.807, 2.05) is 0 Å². The van der Waals surface area contributed by atoms with Crippen LogP contribution in [0.2, 0.25) is 0 Å². The number of hydrogen-bond donors (Lipinski definition) is 1. The molecule has 0 saturated heterocycles. The van der Waals surface area contributed by atoms with Gasteiger partial charge in [0.05, 0.1) is 0 Å². The van der Waals surface area contributed by atoms with Gasteiger partial charge in [0.1, 0.15) is 0 Å². The largest absolute Gasteiger partial charge is 0.358 e. The molecule has 0 fully saturated rings. The first-order chi connectivity index (χ1) is 9.15. The molecule has 0 spiro atoms. The van der Waals surface area contributed by atoms with Gasteiger partial charge >= 0.3 is 0 Å². The highest BCUT2D eigenvalue weighted by molar-refractivity contribution is 9.10. The van der Waals surface area contributed by atoms with Crippen LogP contribution >= 0.6 is 15.9 Å². The quantitative estimate of drug-likeness (QED) is 0.674. The molecule has 2 aromatic carbocycles. The van der Waals surface area contributed by atoms with Crippen molar-refractivity contribution in [2.75, 3.05) is 0 Å². The lowest BCUT2D eigenvalue weighted by molar-refractivity contribution is 1.14. The summed E-state index contributed by atoms with van der Waals surface area (Å²) in [7, 11) is 0. The molecule has 1 N–H and O–H groups in total. The first-order valence-corrected chi connectivity index (χ1v) is 7.25. The number of benzene rings is 2. The first kappa shape index (κ1) is 12.5. The third kappa shape index (κ3) is 2.33. The molecular weight excluding hydrogens is 298 g/mol. The SMILES string of the molecule is Cc1ccc(Cc2c(C)[nH]c3ccccc23)c(Br)c1. The Kier molecular flexibility index (Phi) is 3.19. The van der Waals surface area contributed by atoms with Gasteiger partial charge in [0.25, 0.3) is 0 Å². The Morgan fingerprint density at radius 3 is 2.63 bits per heavy atom. The van der Waals surface area contributed by atoms with Crippen molar-refractivity contribution in [2.45, 2.75) is 20.3 Å². The Balaban J connectivity index is 2.08. The molecule has 1 heterocycles. The molecule has 96 valence electrons. The number of aromatic nitrogens is 1. The van der Waals surface area contributed by atoms with Gasteiger partial charge in [-0.15, -0.1) is 0 Å². The number of fused-ring (bicyclic) bond motifs is 1. The average molecular weight is 314 g/mol. The smallest absolute Gasteiger partial charge is 0.0458 e. The van der Waals surface area contributed by atoms with E-state index >= 15 is 0 Å². The summed E-state index contributed by atoms with van der Waals surface area (Å²) in [6.45, 7) is 4.27. The van der Waals surface area contributed by atoms with E-state index in [1.165, 1.54) is 37.8 Å². The minimum absolute atomic E-state index is 0.955. The molecule has 1 aromatic heterocycles. The van der Waals surface area contributed by atoms with Crippen molar-refractivity contribution in [3.63, 3.8) is 0 Å². The van der Waals surface area contributed by atoms with E-state index in [0.29, 0.717) is 0 Å². The number of hydrogen-bond acceptors (Lipinski definition) is 0. The molecule has 0 saturated carbocycles. The molecule has 0 unspecified atom stereocenters. The van der Waals surface area contributed by atoms with E-state index in [9.17, 15) is 0 Å². The minimum Gasteiger partial charge on any atom is -0.358 e. The lowest BCUT2D eigenvalue weighted by atomic mass is 10.0. The van der Waals surface area contributed by atoms with Crippen LogP contribution in [0, 0.1) is 13.8 Å². The second-order valence-corrected chi connectivity index (χ2v) is 5.90. The van der Waals surface area contributed by atoms with Crippen molar-refractivity contribution in [1.82, 2.24) is 4.98 Å². The van der Waals surface area contributed by atoms with Gasteiger partial charge in [0, 0.05) is 27.5 Å². The van der Waals surface area contributed by atoms with Crippen molar-refractivity contribution in [1.29, 1.82) is 0 Å². The zero-order chi connectivity index (χ0) is 13.4. The lowest BCUT2D eigenvalue weighted by Crippen LogP contribution is -1.91. The van der Waals surface area contributed by atoms with E-state index in [0.717, 1.165) is 6.42 Å². The molecule has 0 atom stereocenters. The van der Waals surface area contributed by atoms with Crippen molar-refractivity contribution >= 4 is 26.8 Å². The van der Waals surface area contributed by atoms with Gasteiger partial charge in [0.2, 0.25) is 0 Å². The summed E-state index contributed by atoms with van der Waals surface area (Å²) >= 11 is 3.67. The Bertz CT molecular complexity index is 740. The van der Waals surface area contributed by atoms with Crippen LogP contribution in [0.15, 0.2) is 46.9 Å². The fraction of sp³-hybridized carbons (Fsp3) is 0.176. The van der Waals surface area contributed by atoms with E-state index in [2.05, 4.69) is 77.2 Å². The standard InChI is InChI=1S/C17H16BrN/c1-11-7-8-13(16(18)9-11)10-15-12(2)19-17-6-4-3-5-14(15)17/h3-9,19H,10H2,1-2H3. The Labute approximate surface area is 121 Å². The maximum absolute atomic E-state index is 3.67. The zero-order valence-corrected chi connectivity index (χ0v) is 12.7. The number of rotatable bonds is 2. The third-order valence-corrected chi connectivity index (χ3v) is 4.34. The Morgan fingerprint density at radius 1 is 1.05 bits per heavy atom. The highest BCUT2D eigenvalue weighted by Crippen LogP contribution is 2.27. The summed E-state index contributed by atoms with van der Waals surface area (Å²) in [5, 5.41) is 1.33. The van der Waals surface area contributed by atoms with Crippen molar-refractivity contribution in [2.24, 2.45) is 0 Å². The summed E-state index contributed by atoms with van der Waals surface area (Å²) in [5.41, 5.74) is 6.48. The molecule has 0 radical (unpaired) electrons. The van der Waals surface area contributed by atoms with Gasteiger partial charge in [-0.1, -0.05) is 46.3 Å². The topological polar surface area (TPSA) is 15.8 Å². The van der Waals surface area contributed by atoms with E-state index in [-0.39, 0.29) is 0 Å². The van der Waals surface area contributed by atoms with Gasteiger partial charge in [-0.25, -0.2) is 0 Å². The molecule has 0 bridgehead atoms. The average Bonchev–Trinajstić information content (AvgIpc) is 2.69. The summed E-state index contributed by atoms with van der Waals surface area (Å²) in [6, 6.07) is 15.1. The van der Waals surface area contributed by atoms with Crippen LogP contribution in [0.5, 0.6) is 0 Å².